The van der Waals surface area contributed by atoms with Gasteiger partial charge in [-0.1, -0.05) is 19.8 Å². The molecule has 0 spiro atoms. The number of hydrogen-bond donors (Lipinski definition) is 2. The van der Waals surface area contributed by atoms with Gasteiger partial charge in [-0.2, -0.15) is 0 Å². The minimum Gasteiger partial charge on any atom is -0.480 e. The van der Waals surface area contributed by atoms with Crippen molar-refractivity contribution in [3.63, 3.8) is 0 Å². The van der Waals surface area contributed by atoms with E-state index in [0.717, 1.165) is 12.8 Å². The number of rotatable bonds is 8. The Morgan fingerprint density at radius 1 is 1.40 bits per heavy atom. The number of sulfone groups is 1. The minimum atomic E-state index is -3.54. The molecule has 0 radical (unpaired) electrons. The van der Waals surface area contributed by atoms with Crippen molar-refractivity contribution in [2.24, 2.45) is 5.73 Å². The molecular formula is C9H19NO4S. The molecule has 15 heavy (non-hydrogen) atoms. The molecule has 0 saturated heterocycles. The molecule has 0 saturated carbocycles. The van der Waals surface area contributed by atoms with E-state index in [1.165, 1.54) is 0 Å². The molecule has 90 valence electrons. The summed E-state index contributed by atoms with van der Waals surface area (Å²) in [6, 6.07) is 0. The van der Waals surface area contributed by atoms with Crippen LogP contribution in [-0.2, 0) is 14.6 Å². The van der Waals surface area contributed by atoms with Crippen LogP contribution in [-0.4, -0.2) is 37.0 Å². The van der Waals surface area contributed by atoms with E-state index in [1.807, 2.05) is 6.92 Å². The van der Waals surface area contributed by atoms with Gasteiger partial charge < -0.3 is 10.8 Å². The van der Waals surface area contributed by atoms with E-state index in [0.29, 0.717) is 6.42 Å². The van der Waals surface area contributed by atoms with E-state index in [4.69, 9.17) is 10.8 Å². The molecule has 0 aliphatic heterocycles. The lowest BCUT2D eigenvalue weighted by atomic mass is 10.3. The zero-order chi connectivity index (χ0) is 11.9. The van der Waals surface area contributed by atoms with Crippen molar-refractivity contribution in [3.05, 3.63) is 0 Å². The van der Waals surface area contributed by atoms with Crippen molar-refractivity contribution in [1.29, 1.82) is 0 Å². The van der Waals surface area contributed by atoms with Gasteiger partial charge in [-0.05, 0) is 19.4 Å². The first-order chi connectivity index (χ1) is 6.95. The van der Waals surface area contributed by atoms with Crippen LogP contribution in [0, 0.1) is 0 Å². The summed E-state index contributed by atoms with van der Waals surface area (Å²) in [7, 11) is -3.54. The topological polar surface area (TPSA) is 97.5 Å². The maximum Gasteiger partial charge on any atom is 0.321 e. The number of unbranched alkanes of at least 4 members (excludes halogenated alkanes) is 2. The summed E-state index contributed by atoms with van der Waals surface area (Å²) in [5.41, 5.74) is 5.19. The maximum absolute atomic E-state index is 11.6. The van der Waals surface area contributed by atoms with Crippen molar-refractivity contribution in [2.45, 2.75) is 37.9 Å². The number of carbonyl (C=O) groups is 1. The quantitative estimate of drug-likeness (QED) is 0.595. The average Bonchev–Trinajstić information content (AvgIpc) is 2.13. The first-order valence-electron chi connectivity index (χ1n) is 5.10. The Kier molecular flexibility index (Phi) is 6.51. The number of carboxylic acid groups (broad SMARTS) is 1. The Hall–Kier alpha value is -0.620. The molecule has 0 aliphatic rings. The molecule has 0 amide bonds. The van der Waals surface area contributed by atoms with Crippen LogP contribution in [0.3, 0.4) is 0 Å². The highest BCUT2D eigenvalue weighted by Gasteiger charge is 2.30. The fraction of sp³-hybridized carbons (Fsp3) is 0.889. The van der Waals surface area contributed by atoms with Gasteiger partial charge >= 0.3 is 5.97 Å². The summed E-state index contributed by atoms with van der Waals surface area (Å²) in [4.78, 5) is 10.7. The van der Waals surface area contributed by atoms with Crippen LogP contribution < -0.4 is 5.73 Å². The molecule has 3 N–H and O–H groups in total. The van der Waals surface area contributed by atoms with E-state index in [2.05, 4.69) is 0 Å². The summed E-state index contributed by atoms with van der Waals surface area (Å²) >= 11 is 0. The predicted octanol–water partition coefficient (Wildman–Crippen LogP) is 0.393. The van der Waals surface area contributed by atoms with E-state index in [1.54, 1.807) is 0 Å². The monoisotopic (exact) mass is 237 g/mol. The van der Waals surface area contributed by atoms with Crippen molar-refractivity contribution < 1.29 is 18.3 Å². The van der Waals surface area contributed by atoms with E-state index in [9.17, 15) is 13.2 Å². The molecule has 0 heterocycles. The second kappa shape index (κ2) is 6.79. The number of aliphatic carboxylic acids is 1. The molecule has 0 aromatic carbocycles. The Labute approximate surface area is 90.6 Å². The van der Waals surface area contributed by atoms with E-state index < -0.39 is 21.1 Å². The van der Waals surface area contributed by atoms with Gasteiger partial charge in [0.05, 0.1) is 5.75 Å². The average molecular weight is 237 g/mol. The smallest absolute Gasteiger partial charge is 0.321 e. The highest BCUT2D eigenvalue weighted by atomic mass is 32.2. The Bertz CT molecular complexity index is 286. The standard InChI is InChI=1S/C9H19NO4S/c1-2-3-4-7-15(13,14)8(5-6-10)9(11)12/h8H,2-7,10H2,1H3,(H,11,12). The van der Waals surface area contributed by atoms with Gasteiger partial charge in [0, 0.05) is 0 Å². The fourth-order valence-electron chi connectivity index (χ4n) is 1.30. The molecule has 0 aromatic heterocycles. The SMILES string of the molecule is CCCCCS(=O)(=O)C(CCN)C(=O)O. The molecule has 0 bridgehead atoms. The zero-order valence-electron chi connectivity index (χ0n) is 8.98. The van der Waals surface area contributed by atoms with Gasteiger partial charge in [0.2, 0.25) is 0 Å². The van der Waals surface area contributed by atoms with Crippen LogP contribution in [0.25, 0.3) is 0 Å². The third-order valence-electron chi connectivity index (χ3n) is 2.17. The second-order valence-corrected chi connectivity index (χ2v) is 5.78. The lowest BCUT2D eigenvalue weighted by molar-refractivity contribution is -0.136. The Balaban J connectivity index is 4.44. The van der Waals surface area contributed by atoms with Crippen molar-refractivity contribution in [1.82, 2.24) is 0 Å². The summed E-state index contributed by atoms with van der Waals surface area (Å²) in [6.45, 7) is 2.03. The van der Waals surface area contributed by atoms with Crippen LogP contribution in [0.1, 0.15) is 32.6 Å². The molecule has 1 atom stereocenters. The normalized spacial score (nSPS) is 13.7. The lowest BCUT2D eigenvalue weighted by Crippen LogP contribution is -2.34. The number of carboxylic acids is 1. The third-order valence-corrected chi connectivity index (χ3v) is 4.33. The highest BCUT2D eigenvalue weighted by molar-refractivity contribution is 7.92. The van der Waals surface area contributed by atoms with Crippen LogP contribution >= 0.6 is 0 Å². The van der Waals surface area contributed by atoms with Gasteiger partial charge in [0.1, 0.15) is 0 Å². The molecule has 1 unspecified atom stereocenters. The van der Waals surface area contributed by atoms with Crippen molar-refractivity contribution >= 4 is 15.8 Å². The molecule has 6 heteroatoms. The van der Waals surface area contributed by atoms with Crippen LogP contribution in [0.4, 0.5) is 0 Å². The van der Waals surface area contributed by atoms with Crippen molar-refractivity contribution in [3.8, 4) is 0 Å². The number of nitrogens with two attached hydrogens (primary N) is 1. The van der Waals surface area contributed by atoms with Gasteiger partial charge in [0.15, 0.2) is 15.1 Å². The minimum absolute atomic E-state index is 0.0101. The zero-order valence-corrected chi connectivity index (χ0v) is 9.79. The predicted molar refractivity (Wildman–Crippen MR) is 58.4 cm³/mol. The van der Waals surface area contributed by atoms with E-state index in [-0.39, 0.29) is 18.7 Å². The largest absolute Gasteiger partial charge is 0.480 e. The highest BCUT2D eigenvalue weighted by Crippen LogP contribution is 2.10. The molecule has 0 aromatic rings. The Morgan fingerprint density at radius 2 is 2.00 bits per heavy atom. The van der Waals surface area contributed by atoms with Crippen LogP contribution in [0.5, 0.6) is 0 Å². The van der Waals surface area contributed by atoms with Gasteiger partial charge in [-0.25, -0.2) is 8.42 Å². The van der Waals surface area contributed by atoms with E-state index >= 15 is 0 Å². The molecule has 0 aliphatic carbocycles. The summed E-state index contributed by atoms with van der Waals surface area (Å²) in [6.07, 6.45) is 2.22. The van der Waals surface area contributed by atoms with Crippen LogP contribution in [0.2, 0.25) is 0 Å². The Morgan fingerprint density at radius 3 is 2.40 bits per heavy atom. The van der Waals surface area contributed by atoms with Crippen molar-refractivity contribution in [2.75, 3.05) is 12.3 Å². The first kappa shape index (κ1) is 14.4. The molecular weight excluding hydrogens is 218 g/mol. The third kappa shape index (κ3) is 5.13. The van der Waals surface area contributed by atoms with Crippen LogP contribution in [0.15, 0.2) is 0 Å². The molecule has 0 fully saturated rings. The van der Waals surface area contributed by atoms with Gasteiger partial charge in [-0.3, -0.25) is 4.79 Å². The fourth-order valence-corrected chi connectivity index (χ4v) is 3.00. The number of hydrogen-bond acceptors (Lipinski definition) is 4. The lowest BCUT2D eigenvalue weighted by Gasteiger charge is -2.11. The first-order valence-corrected chi connectivity index (χ1v) is 6.81. The summed E-state index contributed by atoms with van der Waals surface area (Å²) < 4.78 is 23.2. The second-order valence-electron chi connectivity index (χ2n) is 3.48. The molecule has 0 rings (SSSR count). The summed E-state index contributed by atoms with van der Waals surface area (Å²) in [5.74, 6) is -1.35. The summed E-state index contributed by atoms with van der Waals surface area (Å²) in [5, 5.41) is 7.43. The maximum atomic E-state index is 11.6. The van der Waals surface area contributed by atoms with Gasteiger partial charge in [-0.15, -0.1) is 0 Å². The molecule has 5 nitrogen and oxygen atoms in total. The van der Waals surface area contributed by atoms with Gasteiger partial charge in [0.25, 0.3) is 0 Å².